The number of hydrogen-bond donors (Lipinski definition) is 3. The van der Waals surface area contributed by atoms with Gasteiger partial charge in [0.1, 0.15) is 6.04 Å². The fraction of sp³-hybridized carbons (Fsp3) is 0.400. The van der Waals surface area contributed by atoms with Crippen LogP contribution in [-0.2, 0) is 26.0 Å². The number of carbonyl (C=O) groups is 2. The van der Waals surface area contributed by atoms with E-state index in [2.05, 4.69) is 15.4 Å². The van der Waals surface area contributed by atoms with Gasteiger partial charge in [0.15, 0.2) is 0 Å². The summed E-state index contributed by atoms with van der Waals surface area (Å²) >= 11 is 0. The highest BCUT2D eigenvalue weighted by Gasteiger charge is 2.28. The second-order valence-electron chi connectivity index (χ2n) is 11.1. The van der Waals surface area contributed by atoms with Crippen LogP contribution >= 0.6 is 0 Å². The number of carbonyl (C=O) groups excluding carboxylic acids is 2. The molecule has 1 fully saturated rings. The first kappa shape index (κ1) is 27.8. The van der Waals surface area contributed by atoms with Crippen molar-refractivity contribution in [1.29, 1.82) is 0 Å². The first-order chi connectivity index (χ1) is 18.0. The average molecular weight is 536 g/mol. The van der Waals surface area contributed by atoms with E-state index in [1.165, 1.54) is 0 Å². The Labute approximate surface area is 225 Å². The van der Waals surface area contributed by atoms with Crippen molar-refractivity contribution in [2.75, 3.05) is 5.32 Å². The third-order valence-corrected chi connectivity index (χ3v) is 8.58. The summed E-state index contributed by atoms with van der Waals surface area (Å²) in [7, 11) is -3.79. The van der Waals surface area contributed by atoms with Gasteiger partial charge in [-0.3, -0.25) is 9.59 Å². The number of benzene rings is 3. The Morgan fingerprint density at radius 3 is 2.21 bits per heavy atom. The number of anilines is 1. The lowest BCUT2D eigenvalue weighted by molar-refractivity contribution is -0.130. The quantitative estimate of drug-likeness (QED) is 0.370. The molecule has 4 rings (SSSR count). The third kappa shape index (κ3) is 6.99. The molecule has 7 nitrogen and oxygen atoms in total. The zero-order valence-corrected chi connectivity index (χ0v) is 23.1. The minimum absolute atomic E-state index is 0.0736. The van der Waals surface area contributed by atoms with Crippen molar-refractivity contribution in [2.24, 2.45) is 5.92 Å². The van der Waals surface area contributed by atoms with E-state index in [0.29, 0.717) is 22.9 Å². The minimum Gasteiger partial charge on any atom is -0.344 e. The largest absolute Gasteiger partial charge is 0.344 e. The average Bonchev–Trinajstić information content (AvgIpc) is 2.88. The summed E-state index contributed by atoms with van der Waals surface area (Å²) in [5.74, 6) is -0.498. The molecule has 0 spiro atoms. The second-order valence-corrected chi connectivity index (χ2v) is 12.7. The van der Waals surface area contributed by atoms with Gasteiger partial charge in [-0.1, -0.05) is 73.9 Å². The second kappa shape index (κ2) is 11.7. The molecule has 38 heavy (non-hydrogen) atoms. The molecule has 3 N–H and O–H groups in total. The van der Waals surface area contributed by atoms with Gasteiger partial charge >= 0.3 is 0 Å². The first-order valence-corrected chi connectivity index (χ1v) is 14.7. The molecule has 202 valence electrons. The molecular formula is C30H37N3O4S. The van der Waals surface area contributed by atoms with Crippen LogP contribution in [0.2, 0.25) is 0 Å². The van der Waals surface area contributed by atoms with Crippen LogP contribution in [0.4, 0.5) is 5.69 Å². The van der Waals surface area contributed by atoms with Crippen molar-refractivity contribution in [1.82, 2.24) is 10.0 Å². The van der Waals surface area contributed by atoms with Gasteiger partial charge in [0.25, 0.3) is 0 Å². The van der Waals surface area contributed by atoms with Gasteiger partial charge in [0.05, 0.1) is 4.90 Å². The lowest BCUT2D eigenvalue weighted by Gasteiger charge is -2.25. The van der Waals surface area contributed by atoms with Crippen molar-refractivity contribution < 1.29 is 18.0 Å². The SMILES string of the molecule is CC(C)(C)NS(=O)(=O)c1cccc2c(NC(=O)[C@@H](Cc3ccccc3)NC(=O)C3CCCCC3)cccc12. The number of fused-ring (bicyclic) bond motifs is 1. The number of sulfonamides is 1. The van der Waals surface area contributed by atoms with Crippen LogP contribution in [0.25, 0.3) is 10.8 Å². The van der Waals surface area contributed by atoms with E-state index >= 15 is 0 Å². The Bertz CT molecular complexity index is 1390. The summed E-state index contributed by atoms with van der Waals surface area (Å²) in [6.45, 7) is 5.36. The van der Waals surface area contributed by atoms with Gasteiger partial charge in [0.2, 0.25) is 21.8 Å². The highest BCUT2D eigenvalue weighted by Crippen LogP contribution is 2.30. The zero-order chi connectivity index (χ0) is 27.3. The molecule has 3 aromatic rings. The van der Waals surface area contributed by atoms with Gasteiger partial charge in [-0.25, -0.2) is 13.1 Å². The van der Waals surface area contributed by atoms with Crippen LogP contribution in [0.5, 0.6) is 0 Å². The molecule has 1 aliphatic rings. The minimum atomic E-state index is -3.79. The van der Waals surface area contributed by atoms with E-state index < -0.39 is 21.6 Å². The number of hydrogen-bond acceptors (Lipinski definition) is 4. The summed E-state index contributed by atoms with van der Waals surface area (Å²) in [6.07, 6.45) is 5.23. The first-order valence-electron chi connectivity index (χ1n) is 13.2. The van der Waals surface area contributed by atoms with Gasteiger partial charge in [-0.05, 0) is 51.3 Å². The molecule has 2 amide bonds. The molecule has 0 aliphatic heterocycles. The van der Waals surface area contributed by atoms with Gasteiger partial charge in [-0.15, -0.1) is 0 Å². The summed E-state index contributed by atoms with van der Waals surface area (Å²) in [6, 6.07) is 19.0. The summed E-state index contributed by atoms with van der Waals surface area (Å²) < 4.78 is 29.0. The number of rotatable bonds is 8. The van der Waals surface area contributed by atoms with E-state index in [-0.39, 0.29) is 22.6 Å². The van der Waals surface area contributed by atoms with E-state index in [4.69, 9.17) is 0 Å². The topological polar surface area (TPSA) is 104 Å². The Morgan fingerprint density at radius 2 is 1.53 bits per heavy atom. The molecular weight excluding hydrogens is 498 g/mol. The Balaban J connectivity index is 1.62. The fourth-order valence-electron chi connectivity index (χ4n) is 5.02. The highest BCUT2D eigenvalue weighted by molar-refractivity contribution is 7.89. The van der Waals surface area contributed by atoms with Gasteiger partial charge < -0.3 is 10.6 Å². The van der Waals surface area contributed by atoms with Gasteiger partial charge in [-0.2, -0.15) is 0 Å². The van der Waals surface area contributed by atoms with Crippen LogP contribution in [0.3, 0.4) is 0 Å². The molecule has 0 bridgehead atoms. The maximum Gasteiger partial charge on any atom is 0.247 e. The molecule has 1 saturated carbocycles. The maximum atomic E-state index is 13.6. The molecule has 8 heteroatoms. The van der Waals surface area contributed by atoms with Crippen LogP contribution in [-0.4, -0.2) is 31.8 Å². The molecule has 1 atom stereocenters. The van der Waals surface area contributed by atoms with E-state index in [1.54, 1.807) is 57.2 Å². The maximum absolute atomic E-state index is 13.6. The molecule has 0 aromatic heterocycles. The molecule has 0 heterocycles. The highest BCUT2D eigenvalue weighted by atomic mass is 32.2. The van der Waals surface area contributed by atoms with E-state index in [1.807, 2.05) is 30.3 Å². The Hall–Kier alpha value is -3.23. The summed E-state index contributed by atoms with van der Waals surface area (Å²) in [5.41, 5.74) is 0.787. The smallest absolute Gasteiger partial charge is 0.247 e. The lowest BCUT2D eigenvalue weighted by atomic mass is 9.88. The fourth-order valence-corrected chi connectivity index (χ4v) is 6.66. The van der Waals surface area contributed by atoms with Crippen molar-refractivity contribution in [2.45, 2.75) is 75.8 Å². The van der Waals surface area contributed by atoms with Crippen molar-refractivity contribution in [3.8, 4) is 0 Å². The normalized spacial score (nSPS) is 15.7. The lowest BCUT2D eigenvalue weighted by Crippen LogP contribution is -2.47. The summed E-state index contributed by atoms with van der Waals surface area (Å²) in [5, 5.41) is 7.09. The van der Waals surface area contributed by atoms with Crippen LogP contribution in [0, 0.1) is 5.92 Å². The number of amides is 2. The molecule has 0 unspecified atom stereocenters. The molecule has 1 aliphatic carbocycles. The van der Waals surface area contributed by atoms with Crippen molar-refractivity contribution in [3.63, 3.8) is 0 Å². The van der Waals surface area contributed by atoms with E-state index in [0.717, 1.165) is 37.7 Å². The van der Waals surface area contributed by atoms with Crippen LogP contribution in [0.1, 0.15) is 58.4 Å². The third-order valence-electron chi connectivity index (χ3n) is 6.76. The summed E-state index contributed by atoms with van der Waals surface area (Å²) in [4.78, 5) is 26.8. The van der Waals surface area contributed by atoms with Gasteiger partial charge in [0, 0.05) is 34.3 Å². The molecule has 0 radical (unpaired) electrons. The standard InChI is InChI=1S/C30H37N3O4S/c1-30(2,3)33-38(36,37)27-19-11-16-23-24(27)17-10-18-25(23)31-29(35)26(20-21-12-6-4-7-13-21)32-28(34)22-14-8-5-9-15-22/h4,6-7,10-13,16-19,22,26,33H,5,8-9,14-15,20H2,1-3H3,(H,31,35)(H,32,34)/t26-/m1/s1. The molecule has 3 aromatic carbocycles. The van der Waals surface area contributed by atoms with E-state index in [9.17, 15) is 18.0 Å². The number of nitrogens with one attached hydrogen (secondary N) is 3. The zero-order valence-electron chi connectivity index (χ0n) is 22.3. The monoisotopic (exact) mass is 535 g/mol. The van der Waals surface area contributed by atoms with Crippen LogP contribution in [0.15, 0.2) is 71.6 Å². The predicted molar refractivity (Wildman–Crippen MR) is 151 cm³/mol. The van der Waals surface area contributed by atoms with Crippen LogP contribution < -0.4 is 15.4 Å². The van der Waals surface area contributed by atoms with Crippen molar-refractivity contribution >= 4 is 38.3 Å². The predicted octanol–water partition coefficient (Wildman–Crippen LogP) is 5.16. The molecule has 0 saturated heterocycles. The Kier molecular flexibility index (Phi) is 8.53. The van der Waals surface area contributed by atoms with Crippen molar-refractivity contribution in [3.05, 3.63) is 72.3 Å². The Morgan fingerprint density at radius 1 is 0.868 bits per heavy atom.